The Kier molecular flexibility index (Phi) is 4.78. The van der Waals surface area contributed by atoms with Gasteiger partial charge in [0, 0.05) is 5.56 Å². The Hall–Kier alpha value is -3.09. The van der Waals surface area contributed by atoms with Crippen molar-refractivity contribution >= 4 is 11.9 Å². The molecule has 1 aromatic heterocycles. The van der Waals surface area contributed by atoms with Crippen LogP contribution in [0.5, 0.6) is 5.75 Å². The number of rotatable bonds is 6. The van der Waals surface area contributed by atoms with E-state index in [2.05, 4.69) is 17.1 Å². The van der Waals surface area contributed by atoms with Crippen LogP contribution in [0.1, 0.15) is 36.4 Å². The van der Waals surface area contributed by atoms with Crippen molar-refractivity contribution in [2.75, 3.05) is 6.61 Å². The minimum Gasteiger partial charge on any atom is -0.489 e. The Morgan fingerprint density at radius 1 is 1.30 bits per heavy atom. The summed E-state index contributed by atoms with van der Waals surface area (Å²) in [6.07, 6.45) is 0. The monoisotopic (exact) mass is 369 g/mol. The maximum Gasteiger partial charge on any atom is 0.325 e. The van der Waals surface area contributed by atoms with E-state index in [0.29, 0.717) is 29.4 Å². The SMILES string of the molecule is C=C(C)COc1ccc(C2(C)NC(=O)N(Cc3c(C)noc3C)C2=O)cc1. The van der Waals surface area contributed by atoms with Crippen molar-refractivity contribution in [3.63, 3.8) is 0 Å². The molecule has 0 bridgehead atoms. The van der Waals surface area contributed by atoms with Crippen LogP contribution in [0, 0.1) is 13.8 Å². The van der Waals surface area contributed by atoms with E-state index in [4.69, 9.17) is 9.26 Å². The van der Waals surface area contributed by atoms with E-state index in [1.165, 1.54) is 4.90 Å². The van der Waals surface area contributed by atoms with Crippen molar-refractivity contribution in [1.82, 2.24) is 15.4 Å². The molecule has 1 aromatic carbocycles. The first-order valence-corrected chi connectivity index (χ1v) is 8.66. The second-order valence-electron chi connectivity index (χ2n) is 7.02. The second-order valence-corrected chi connectivity index (χ2v) is 7.02. The van der Waals surface area contributed by atoms with Crippen LogP contribution in [-0.4, -0.2) is 28.6 Å². The molecule has 1 N–H and O–H groups in total. The standard InChI is InChI=1S/C20H23N3O4/c1-12(2)11-26-16-8-6-15(7-9-16)20(5)18(24)23(19(25)21-20)10-17-13(3)22-27-14(17)4/h6-9H,1,10-11H2,2-5H3,(H,21,25). The summed E-state index contributed by atoms with van der Waals surface area (Å²) in [5, 5.41) is 6.68. The predicted molar refractivity (Wildman–Crippen MR) is 99.2 cm³/mol. The molecule has 1 fully saturated rings. The number of aryl methyl sites for hydroxylation is 2. The second kappa shape index (κ2) is 6.90. The van der Waals surface area contributed by atoms with Crippen molar-refractivity contribution in [1.29, 1.82) is 0 Å². The summed E-state index contributed by atoms with van der Waals surface area (Å²) in [4.78, 5) is 26.7. The molecule has 142 valence electrons. The number of aromatic nitrogens is 1. The minimum absolute atomic E-state index is 0.126. The van der Waals surface area contributed by atoms with Crippen LogP contribution in [0.2, 0.25) is 0 Å². The first-order chi connectivity index (χ1) is 12.7. The third-order valence-corrected chi connectivity index (χ3v) is 4.69. The minimum atomic E-state index is -1.14. The normalized spacial score (nSPS) is 19.3. The van der Waals surface area contributed by atoms with E-state index in [1.54, 1.807) is 45.0 Å². The summed E-state index contributed by atoms with van der Waals surface area (Å²) in [5.41, 5.74) is 1.87. The largest absolute Gasteiger partial charge is 0.489 e. The number of imide groups is 1. The quantitative estimate of drug-likeness (QED) is 0.624. The molecule has 1 saturated heterocycles. The molecule has 2 heterocycles. The fourth-order valence-corrected chi connectivity index (χ4v) is 3.01. The molecule has 7 heteroatoms. The third-order valence-electron chi connectivity index (χ3n) is 4.69. The Morgan fingerprint density at radius 2 is 1.96 bits per heavy atom. The van der Waals surface area contributed by atoms with Gasteiger partial charge >= 0.3 is 6.03 Å². The zero-order valence-corrected chi connectivity index (χ0v) is 16.0. The first kappa shape index (κ1) is 18.7. The molecular weight excluding hydrogens is 346 g/mol. The van der Waals surface area contributed by atoms with E-state index in [9.17, 15) is 9.59 Å². The molecule has 3 rings (SSSR count). The summed E-state index contributed by atoms with van der Waals surface area (Å²) in [6, 6.07) is 6.68. The van der Waals surface area contributed by atoms with Gasteiger partial charge in [-0.05, 0) is 51.0 Å². The number of hydrogen-bond acceptors (Lipinski definition) is 5. The first-order valence-electron chi connectivity index (χ1n) is 8.66. The van der Waals surface area contributed by atoms with Gasteiger partial charge in [0.1, 0.15) is 23.7 Å². The van der Waals surface area contributed by atoms with Crippen molar-refractivity contribution in [2.45, 2.75) is 39.8 Å². The van der Waals surface area contributed by atoms with Gasteiger partial charge in [0.05, 0.1) is 12.2 Å². The molecule has 0 saturated carbocycles. The summed E-state index contributed by atoms with van der Waals surface area (Å²) in [7, 11) is 0. The topological polar surface area (TPSA) is 84.7 Å². The number of benzene rings is 1. The molecule has 1 aliphatic rings. The molecule has 0 radical (unpaired) electrons. The zero-order chi connectivity index (χ0) is 19.8. The number of nitrogens with zero attached hydrogens (tertiary/aromatic N) is 2. The number of carbonyl (C=O) groups excluding carboxylic acids is 2. The van der Waals surface area contributed by atoms with Crippen LogP contribution in [-0.2, 0) is 16.9 Å². The van der Waals surface area contributed by atoms with E-state index in [0.717, 1.165) is 11.1 Å². The van der Waals surface area contributed by atoms with E-state index in [-0.39, 0.29) is 12.5 Å². The highest BCUT2D eigenvalue weighted by Crippen LogP contribution is 2.31. The predicted octanol–water partition coefficient (Wildman–Crippen LogP) is 3.21. The molecule has 1 unspecified atom stereocenters. The Bertz CT molecular complexity index is 881. The lowest BCUT2D eigenvalue weighted by molar-refractivity contribution is -0.131. The number of ether oxygens (including phenoxy) is 1. The van der Waals surface area contributed by atoms with Gasteiger partial charge in [0.2, 0.25) is 0 Å². The molecule has 3 amide bonds. The van der Waals surface area contributed by atoms with Gasteiger partial charge in [-0.25, -0.2) is 4.79 Å². The van der Waals surface area contributed by atoms with Gasteiger partial charge in [-0.3, -0.25) is 9.69 Å². The van der Waals surface area contributed by atoms with E-state index >= 15 is 0 Å². The number of nitrogens with one attached hydrogen (secondary N) is 1. The maximum absolute atomic E-state index is 13.0. The van der Waals surface area contributed by atoms with Crippen LogP contribution in [0.3, 0.4) is 0 Å². The Morgan fingerprint density at radius 3 is 2.52 bits per heavy atom. The molecule has 0 aliphatic carbocycles. The summed E-state index contributed by atoms with van der Waals surface area (Å²) in [5.74, 6) is 0.957. The highest BCUT2D eigenvalue weighted by molar-refractivity contribution is 6.07. The van der Waals surface area contributed by atoms with Gasteiger partial charge in [0.25, 0.3) is 5.91 Å². The fourth-order valence-electron chi connectivity index (χ4n) is 3.01. The summed E-state index contributed by atoms with van der Waals surface area (Å²) in [6.45, 7) is 11.5. The Balaban J connectivity index is 1.81. The number of urea groups is 1. The smallest absolute Gasteiger partial charge is 0.325 e. The summed E-state index contributed by atoms with van der Waals surface area (Å²) < 4.78 is 10.7. The van der Waals surface area contributed by atoms with Crippen LogP contribution >= 0.6 is 0 Å². The Labute approximate surface area is 158 Å². The fraction of sp³-hybridized carbons (Fsp3) is 0.350. The van der Waals surface area contributed by atoms with Crippen LogP contribution in [0.4, 0.5) is 4.79 Å². The summed E-state index contributed by atoms with van der Waals surface area (Å²) >= 11 is 0. The molecular formula is C20H23N3O4. The lowest BCUT2D eigenvalue weighted by Gasteiger charge is -2.22. The van der Waals surface area contributed by atoms with Gasteiger partial charge in [-0.15, -0.1) is 0 Å². The number of hydrogen-bond donors (Lipinski definition) is 1. The van der Waals surface area contributed by atoms with Gasteiger partial charge in [-0.1, -0.05) is 23.9 Å². The van der Waals surface area contributed by atoms with Crippen LogP contribution in [0.15, 0.2) is 40.9 Å². The van der Waals surface area contributed by atoms with Crippen molar-refractivity contribution in [2.24, 2.45) is 0 Å². The third kappa shape index (κ3) is 3.45. The van der Waals surface area contributed by atoms with Crippen LogP contribution in [0.25, 0.3) is 0 Å². The number of carbonyl (C=O) groups is 2. The zero-order valence-electron chi connectivity index (χ0n) is 16.0. The van der Waals surface area contributed by atoms with E-state index in [1.807, 2.05) is 6.92 Å². The van der Waals surface area contributed by atoms with Gasteiger partial charge < -0.3 is 14.6 Å². The average molecular weight is 369 g/mol. The molecule has 1 atom stereocenters. The van der Waals surface area contributed by atoms with Crippen molar-refractivity contribution in [3.05, 3.63) is 59.0 Å². The average Bonchev–Trinajstić information content (AvgIpc) is 3.06. The lowest BCUT2D eigenvalue weighted by atomic mass is 9.92. The van der Waals surface area contributed by atoms with Gasteiger partial charge in [0.15, 0.2) is 0 Å². The molecule has 0 spiro atoms. The molecule has 27 heavy (non-hydrogen) atoms. The highest BCUT2D eigenvalue weighted by Gasteiger charge is 2.49. The highest BCUT2D eigenvalue weighted by atomic mass is 16.5. The lowest BCUT2D eigenvalue weighted by Crippen LogP contribution is -2.40. The van der Waals surface area contributed by atoms with Crippen molar-refractivity contribution < 1.29 is 18.8 Å². The van der Waals surface area contributed by atoms with E-state index < -0.39 is 11.6 Å². The molecule has 7 nitrogen and oxygen atoms in total. The maximum atomic E-state index is 13.0. The van der Waals surface area contributed by atoms with Gasteiger partial charge in [-0.2, -0.15) is 0 Å². The number of amides is 3. The van der Waals surface area contributed by atoms with Crippen LogP contribution < -0.4 is 10.1 Å². The molecule has 2 aromatic rings. The van der Waals surface area contributed by atoms with Crippen molar-refractivity contribution in [3.8, 4) is 5.75 Å². The molecule has 1 aliphatic heterocycles.